The molecule has 2 amide bonds. The third kappa shape index (κ3) is 5.90. The molecule has 0 atom stereocenters. The Labute approximate surface area is 198 Å². The molecule has 0 bridgehead atoms. The van der Waals surface area contributed by atoms with Crippen molar-refractivity contribution in [3.63, 3.8) is 0 Å². The first-order valence-electron chi connectivity index (χ1n) is 10.5. The van der Waals surface area contributed by atoms with Gasteiger partial charge in [0.15, 0.2) is 0 Å². The van der Waals surface area contributed by atoms with Crippen molar-refractivity contribution in [2.24, 2.45) is 5.92 Å². The van der Waals surface area contributed by atoms with Gasteiger partial charge in [-0.3, -0.25) is 9.59 Å². The summed E-state index contributed by atoms with van der Waals surface area (Å²) in [5.74, 6) is 0.371. The molecule has 0 aliphatic carbocycles. The largest absolute Gasteiger partial charge is 0.333 e. The average molecular weight is 473 g/mol. The normalized spacial score (nSPS) is 10.9. The molecule has 32 heavy (non-hydrogen) atoms. The molecule has 0 fully saturated rings. The smallest absolute Gasteiger partial charge is 0.245 e. The highest BCUT2D eigenvalue weighted by molar-refractivity contribution is 6.42. The maximum absolute atomic E-state index is 12.9. The Kier molecular flexibility index (Phi) is 7.94. The van der Waals surface area contributed by atoms with E-state index in [0.29, 0.717) is 40.2 Å². The Morgan fingerprint density at radius 1 is 1.06 bits per heavy atom. The fraction of sp³-hybridized carbons (Fsp3) is 0.292. The number of benzene rings is 2. The summed E-state index contributed by atoms with van der Waals surface area (Å²) >= 11 is 12.3. The van der Waals surface area contributed by atoms with Gasteiger partial charge in [0.2, 0.25) is 11.8 Å². The van der Waals surface area contributed by atoms with E-state index in [1.807, 2.05) is 44.2 Å². The average Bonchev–Trinajstić information content (AvgIpc) is 3.18. The summed E-state index contributed by atoms with van der Waals surface area (Å²) in [6.07, 6.45) is 0.347. The van der Waals surface area contributed by atoms with Crippen LogP contribution in [0, 0.1) is 5.92 Å². The fourth-order valence-electron chi connectivity index (χ4n) is 3.31. The maximum Gasteiger partial charge on any atom is 0.245 e. The second-order valence-corrected chi connectivity index (χ2v) is 8.68. The van der Waals surface area contributed by atoms with Crippen molar-refractivity contribution in [2.45, 2.75) is 27.2 Å². The molecule has 0 aliphatic rings. The van der Waals surface area contributed by atoms with Crippen LogP contribution in [0.25, 0.3) is 16.9 Å². The van der Waals surface area contributed by atoms with E-state index in [4.69, 9.17) is 23.2 Å². The van der Waals surface area contributed by atoms with Crippen LogP contribution < -0.4 is 5.32 Å². The zero-order chi connectivity index (χ0) is 23.3. The zero-order valence-electron chi connectivity index (χ0n) is 18.3. The predicted octanol–water partition coefficient (Wildman–Crippen LogP) is 5.68. The molecule has 1 aromatic heterocycles. The van der Waals surface area contributed by atoms with Crippen LogP contribution in [0.2, 0.25) is 10.0 Å². The minimum atomic E-state index is -0.298. The van der Waals surface area contributed by atoms with Gasteiger partial charge in [0, 0.05) is 24.6 Å². The van der Waals surface area contributed by atoms with E-state index in [2.05, 4.69) is 10.4 Å². The molecule has 0 saturated carbocycles. The number of aromatic nitrogens is 2. The van der Waals surface area contributed by atoms with Crippen LogP contribution >= 0.6 is 23.2 Å². The van der Waals surface area contributed by atoms with Gasteiger partial charge in [-0.25, -0.2) is 4.68 Å². The number of carbonyl (C=O) groups is 2. The second kappa shape index (κ2) is 10.7. The summed E-state index contributed by atoms with van der Waals surface area (Å²) in [6, 6.07) is 16.6. The number of rotatable bonds is 8. The molecule has 1 N–H and O–H groups in total. The van der Waals surface area contributed by atoms with Crippen molar-refractivity contribution in [1.82, 2.24) is 14.7 Å². The molecule has 6 nitrogen and oxygen atoms in total. The third-order valence-corrected chi connectivity index (χ3v) is 5.51. The van der Waals surface area contributed by atoms with Crippen molar-refractivity contribution in [3.05, 3.63) is 64.6 Å². The summed E-state index contributed by atoms with van der Waals surface area (Å²) in [6.45, 7) is 6.30. The second-order valence-electron chi connectivity index (χ2n) is 7.86. The molecule has 3 rings (SSSR count). The molecule has 0 unspecified atom stereocenters. The highest BCUT2D eigenvalue weighted by atomic mass is 35.5. The van der Waals surface area contributed by atoms with Crippen LogP contribution in [0.1, 0.15) is 27.2 Å². The number of carbonyl (C=O) groups excluding carboxylic acids is 2. The number of anilines is 1. The first kappa shape index (κ1) is 23.8. The number of nitrogens with one attached hydrogen (secondary N) is 1. The summed E-state index contributed by atoms with van der Waals surface area (Å²) in [5.41, 5.74) is 2.25. The molecule has 168 valence electrons. The topological polar surface area (TPSA) is 67.2 Å². The first-order chi connectivity index (χ1) is 15.3. The molecule has 3 aromatic rings. The van der Waals surface area contributed by atoms with Crippen molar-refractivity contribution in [1.29, 1.82) is 0 Å². The van der Waals surface area contributed by atoms with E-state index in [1.54, 1.807) is 40.8 Å². The Bertz CT molecular complexity index is 1100. The molecule has 0 radical (unpaired) electrons. The van der Waals surface area contributed by atoms with Gasteiger partial charge in [0.1, 0.15) is 5.82 Å². The highest BCUT2D eigenvalue weighted by Gasteiger charge is 2.19. The number of nitrogens with zero attached hydrogens (tertiary/aromatic N) is 3. The van der Waals surface area contributed by atoms with Gasteiger partial charge >= 0.3 is 0 Å². The van der Waals surface area contributed by atoms with E-state index >= 15 is 0 Å². The lowest BCUT2D eigenvalue weighted by atomic mass is 10.1. The Hall–Kier alpha value is -2.83. The van der Waals surface area contributed by atoms with E-state index in [9.17, 15) is 9.59 Å². The molecular formula is C24H26Cl2N4O2. The van der Waals surface area contributed by atoms with Gasteiger partial charge in [0.25, 0.3) is 0 Å². The third-order valence-electron chi connectivity index (χ3n) is 4.77. The zero-order valence-corrected chi connectivity index (χ0v) is 19.8. The number of halogens is 2. The molecule has 1 heterocycles. The standard InChI is InChI=1S/C24H26Cl2N4O2/c1-4-24(32)29(14-16(2)3)15-23(31)27-22-13-21(17-8-6-5-7-9-17)28-30(22)18-10-11-19(25)20(26)12-18/h5-13,16H,4,14-15H2,1-3H3,(H,27,31). The lowest BCUT2D eigenvalue weighted by Gasteiger charge is -2.23. The van der Waals surface area contributed by atoms with E-state index in [-0.39, 0.29) is 24.3 Å². The lowest BCUT2D eigenvalue weighted by molar-refractivity contribution is -0.134. The summed E-state index contributed by atoms with van der Waals surface area (Å²) in [4.78, 5) is 26.7. The molecule has 0 spiro atoms. The van der Waals surface area contributed by atoms with Gasteiger partial charge < -0.3 is 10.2 Å². The molecule has 0 saturated heterocycles. The Morgan fingerprint density at radius 2 is 1.78 bits per heavy atom. The number of hydrogen-bond acceptors (Lipinski definition) is 3. The van der Waals surface area contributed by atoms with E-state index < -0.39 is 0 Å². The Morgan fingerprint density at radius 3 is 2.41 bits per heavy atom. The quantitative estimate of drug-likeness (QED) is 0.458. The minimum Gasteiger partial charge on any atom is -0.333 e. The Balaban J connectivity index is 1.93. The maximum atomic E-state index is 12.9. The first-order valence-corrected chi connectivity index (χ1v) is 11.2. The van der Waals surface area contributed by atoms with Crippen molar-refractivity contribution in [3.8, 4) is 16.9 Å². The van der Waals surface area contributed by atoms with Gasteiger partial charge in [0.05, 0.1) is 28.0 Å². The van der Waals surface area contributed by atoms with Crippen LogP contribution in [0.3, 0.4) is 0 Å². The number of hydrogen-bond donors (Lipinski definition) is 1. The van der Waals surface area contributed by atoms with Crippen LogP contribution in [-0.2, 0) is 9.59 Å². The van der Waals surface area contributed by atoms with Crippen LogP contribution in [0.5, 0.6) is 0 Å². The summed E-state index contributed by atoms with van der Waals surface area (Å²) < 4.78 is 1.61. The monoisotopic (exact) mass is 472 g/mol. The fourth-order valence-corrected chi connectivity index (χ4v) is 3.60. The lowest BCUT2D eigenvalue weighted by Crippen LogP contribution is -2.40. The molecule has 8 heteroatoms. The SMILES string of the molecule is CCC(=O)N(CC(=O)Nc1cc(-c2ccccc2)nn1-c1ccc(Cl)c(Cl)c1)CC(C)C. The van der Waals surface area contributed by atoms with E-state index in [0.717, 1.165) is 5.56 Å². The predicted molar refractivity (Wildman–Crippen MR) is 129 cm³/mol. The summed E-state index contributed by atoms with van der Waals surface area (Å²) in [7, 11) is 0. The van der Waals surface area contributed by atoms with Crippen molar-refractivity contribution >= 4 is 40.8 Å². The molecule has 2 aromatic carbocycles. The van der Waals surface area contributed by atoms with Crippen molar-refractivity contribution < 1.29 is 9.59 Å². The minimum absolute atomic E-state index is 0.0297. The van der Waals surface area contributed by atoms with E-state index in [1.165, 1.54) is 0 Å². The van der Waals surface area contributed by atoms with Crippen LogP contribution in [0.15, 0.2) is 54.6 Å². The van der Waals surface area contributed by atoms with Gasteiger partial charge in [-0.1, -0.05) is 74.3 Å². The van der Waals surface area contributed by atoms with Crippen LogP contribution in [-0.4, -0.2) is 39.6 Å². The summed E-state index contributed by atoms with van der Waals surface area (Å²) in [5, 5.41) is 8.39. The van der Waals surface area contributed by atoms with Gasteiger partial charge in [-0.15, -0.1) is 0 Å². The van der Waals surface area contributed by atoms with Gasteiger partial charge in [-0.05, 0) is 24.1 Å². The molecular weight excluding hydrogens is 447 g/mol. The van der Waals surface area contributed by atoms with Crippen LogP contribution in [0.4, 0.5) is 5.82 Å². The van der Waals surface area contributed by atoms with Gasteiger partial charge in [-0.2, -0.15) is 5.10 Å². The highest BCUT2D eigenvalue weighted by Crippen LogP contribution is 2.29. The molecule has 0 aliphatic heterocycles. The number of amides is 2. The van der Waals surface area contributed by atoms with Crippen molar-refractivity contribution in [2.75, 3.05) is 18.4 Å².